The van der Waals surface area contributed by atoms with E-state index in [1.54, 1.807) is 5.20 Å². The van der Waals surface area contributed by atoms with E-state index in [1.807, 2.05) is 0 Å². The molecule has 1 rings (SSSR count). The van der Waals surface area contributed by atoms with Crippen LogP contribution in [0, 0.1) is 0 Å². The van der Waals surface area contributed by atoms with E-state index in [0.29, 0.717) is 3.43 Å². The molecule has 0 bridgehead atoms. The van der Waals surface area contributed by atoms with E-state index in [2.05, 4.69) is 73.5 Å². The summed E-state index contributed by atoms with van der Waals surface area (Å²) in [5.74, 6) is 0. The summed E-state index contributed by atoms with van der Waals surface area (Å²) in [6.45, 7) is 15.1. The van der Waals surface area contributed by atoms with Gasteiger partial charge in [0.05, 0.1) is 0 Å². The van der Waals surface area contributed by atoms with Gasteiger partial charge in [-0.2, -0.15) is 0 Å². The van der Waals surface area contributed by atoms with Crippen LogP contribution >= 0.6 is 0 Å². The van der Waals surface area contributed by atoms with E-state index in [0.717, 1.165) is 0 Å². The summed E-state index contributed by atoms with van der Waals surface area (Å²) in [6, 6.07) is 0. The Balaban J connectivity index is 3.36. The molecule has 0 radical (unpaired) electrons. The summed E-state index contributed by atoms with van der Waals surface area (Å²) < 4.78 is 0.510. The van der Waals surface area contributed by atoms with Gasteiger partial charge in [0.2, 0.25) is 0 Å². The van der Waals surface area contributed by atoms with Crippen LogP contribution < -0.4 is 0 Å². The first-order valence-electron chi connectivity index (χ1n) is 6.09. The Morgan fingerprint density at radius 1 is 0.941 bits per heavy atom. The molecule has 0 aromatic rings. The second-order valence-electron chi connectivity index (χ2n) is 7.57. The first kappa shape index (κ1) is 15.7. The van der Waals surface area contributed by atoms with Crippen LogP contribution in [0.15, 0.2) is 23.4 Å². The summed E-state index contributed by atoms with van der Waals surface area (Å²) in [7, 11) is -2.34. The third-order valence-corrected chi connectivity index (χ3v) is 23.5. The standard InChI is InChI=1S/C11H21Si2.3CH3.Pt/c1-12(2,3)10-7-8-11(9-10)13(4,5)6;;;;/h7-9H,1-6H3;3*1H3;. The summed E-state index contributed by atoms with van der Waals surface area (Å²) in [6.07, 6.45) is 7.82. The van der Waals surface area contributed by atoms with Crippen LogP contribution in [0.3, 0.4) is 0 Å². The van der Waals surface area contributed by atoms with Gasteiger partial charge in [-0.25, -0.2) is 0 Å². The van der Waals surface area contributed by atoms with Crippen LogP contribution in [0.25, 0.3) is 0 Å². The van der Waals surface area contributed by atoms with Gasteiger partial charge in [-0.1, -0.05) is 0 Å². The van der Waals surface area contributed by atoms with Crippen molar-refractivity contribution in [1.82, 2.24) is 0 Å². The molecule has 1 atom stereocenters. The zero-order chi connectivity index (χ0) is 13.7. The first-order chi connectivity index (χ1) is 7.31. The molecule has 0 spiro atoms. The van der Waals surface area contributed by atoms with Crippen LogP contribution in [0.2, 0.25) is 58.7 Å². The molecule has 0 amide bonds. The fourth-order valence-electron chi connectivity index (χ4n) is 2.46. The maximum atomic E-state index is 2.72. The zero-order valence-corrected chi connectivity index (χ0v) is 17.3. The number of allylic oxidation sites excluding steroid dienone is 4. The molecule has 1 aliphatic carbocycles. The SMILES string of the molecule is C[Si](C)(C)C1=C[C]([Si](C)(C)C)([Pt]([CH3])([CH3])[CH3])C=C1. The van der Waals surface area contributed by atoms with Gasteiger partial charge >= 0.3 is 114 Å². The van der Waals surface area contributed by atoms with E-state index in [4.69, 9.17) is 0 Å². The van der Waals surface area contributed by atoms with Crippen molar-refractivity contribution in [1.29, 1.82) is 0 Å². The minimum absolute atomic E-state index is 0.510. The van der Waals surface area contributed by atoms with Gasteiger partial charge in [0.15, 0.2) is 0 Å². The molecule has 104 valence electrons. The van der Waals surface area contributed by atoms with Crippen molar-refractivity contribution in [3.63, 3.8) is 0 Å². The van der Waals surface area contributed by atoms with Gasteiger partial charge in [-0.3, -0.25) is 0 Å². The monoisotopic (exact) mass is 449 g/mol. The van der Waals surface area contributed by atoms with Gasteiger partial charge in [0.25, 0.3) is 0 Å². The number of hydrogen-bond donors (Lipinski definition) is 0. The second-order valence-corrected chi connectivity index (χ2v) is 31.1. The predicted molar refractivity (Wildman–Crippen MR) is 84.2 cm³/mol. The van der Waals surface area contributed by atoms with Crippen molar-refractivity contribution < 1.29 is 16.1 Å². The van der Waals surface area contributed by atoms with Crippen LogP contribution in [-0.2, 0) is 16.1 Å². The van der Waals surface area contributed by atoms with Gasteiger partial charge in [-0.05, 0) is 0 Å². The van der Waals surface area contributed by atoms with Crippen LogP contribution in [0.5, 0.6) is 0 Å². The molecular weight excluding hydrogens is 419 g/mol. The topological polar surface area (TPSA) is 0 Å². The molecule has 1 unspecified atom stereocenters. The normalized spacial score (nSPS) is 27.2. The summed E-state index contributed by atoms with van der Waals surface area (Å²) in [5, 5.41) is 9.44. The Bertz CT molecular complexity index is 345. The van der Waals surface area contributed by atoms with E-state index in [1.165, 1.54) is 0 Å². The third-order valence-electron chi connectivity index (χ3n) is 3.61. The van der Waals surface area contributed by atoms with Crippen molar-refractivity contribution in [2.75, 3.05) is 0 Å². The zero-order valence-electron chi connectivity index (χ0n) is 13.0. The van der Waals surface area contributed by atoms with Crippen molar-refractivity contribution >= 4 is 16.1 Å². The average Bonchev–Trinajstić information content (AvgIpc) is 2.43. The van der Waals surface area contributed by atoms with Crippen LogP contribution in [0.1, 0.15) is 0 Å². The summed E-state index contributed by atoms with van der Waals surface area (Å²) in [5.41, 5.74) is 0. The Morgan fingerprint density at radius 3 is 1.59 bits per heavy atom. The van der Waals surface area contributed by atoms with Crippen molar-refractivity contribution in [3.05, 3.63) is 23.4 Å². The fraction of sp³-hybridized carbons (Fsp3) is 0.714. The molecule has 0 fully saturated rings. The van der Waals surface area contributed by atoms with E-state index < -0.39 is 32.2 Å². The maximum absolute atomic E-state index is 2.72. The Labute approximate surface area is 114 Å². The first-order valence-corrected chi connectivity index (χ1v) is 21.0. The molecule has 0 aromatic heterocycles. The van der Waals surface area contributed by atoms with Crippen molar-refractivity contribution in [2.24, 2.45) is 0 Å². The molecule has 0 aromatic carbocycles. The van der Waals surface area contributed by atoms with E-state index >= 15 is 0 Å². The Kier molecular flexibility index (Phi) is 3.98. The average molecular weight is 450 g/mol. The van der Waals surface area contributed by atoms with Gasteiger partial charge in [0.1, 0.15) is 0 Å². The summed E-state index contributed by atoms with van der Waals surface area (Å²) >= 11 is -1.67. The molecule has 0 heterocycles. The second kappa shape index (κ2) is 4.32. The quantitative estimate of drug-likeness (QED) is 0.485. The molecule has 17 heavy (non-hydrogen) atoms. The Morgan fingerprint density at radius 2 is 1.41 bits per heavy atom. The number of hydrogen-bond acceptors (Lipinski definition) is 0. The molecular formula is C14H30PtSi2. The number of rotatable bonds is 3. The Hall–Kier alpha value is 0.602. The molecule has 0 aliphatic heterocycles. The van der Waals surface area contributed by atoms with Gasteiger partial charge in [-0.15, -0.1) is 0 Å². The van der Waals surface area contributed by atoms with Gasteiger partial charge in [0, 0.05) is 0 Å². The molecule has 3 heteroatoms. The molecule has 0 N–H and O–H groups in total. The van der Waals surface area contributed by atoms with Crippen molar-refractivity contribution in [3.8, 4) is 0 Å². The van der Waals surface area contributed by atoms with Crippen molar-refractivity contribution in [2.45, 2.75) is 58.7 Å². The predicted octanol–water partition coefficient (Wildman–Crippen LogP) is 5.69. The minimum atomic E-state index is -1.67. The molecule has 0 saturated heterocycles. The van der Waals surface area contributed by atoms with E-state index in [9.17, 15) is 0 Å². The summed E-state index contributed by atoms with van der Waals surface area (Å²) in [4.78, 5) is 0. The van der Waals surface area contributed by atoms with E-state index in [-0.39, 0.29) is 0 Å². The fourth-order valence-corrected chi connectivity index (χ4v) is 24.7. The van der Waals surface area contributed by atoms with Crippen LogP contribution in [-0.4, -0.2) is 16.1 Å². The van der Waals surface area contributed by atoms with Crippen LogP contribution in [0.4, 0.5) is 0 Å². The molecule has 0 nitrogen and oxygen atoms in total. The molecule has 0 saturated carbocycles. The molecule has 1 aliphatic rings. The van der Waals surface area contributed by atoms with Gasteiger partial charge < -0.3 is 0 Å². The third kappa shape index (κ3) is 2.79.